The third kappa shape index (κ3) is 7.32. The van der Waals surface area contributed by atoms with Gasteiger partial charge in [0.1, 0.15) is 5.75 Å². The Morgan fingerprint density at radius 3 is 2.49 bits per heavy atom. The lowest BCUT2D eigenvalue weighted by Gasteiger charge is -2.35. The fourth-order valence-corrected chi connectivity index (χ4v) is 4.62. The second-order valence-electron chi connectivity index (χ2n) is 8.99. The zero-order chi connectivity index (χ0) is 28.3. The number of benzene rings is 1. The summed E-state index contributed by atoms with van der Waals surface area (Å²) in [4.78, 5) is 36.3. The number of hydrogen-bond donors (Lipinski definition) is 1. The van der Waals surface area contributed by atoms with Gasteiger partial charge in [0.15, 0.2) is 17.5 Å². The molecule has 14 heteroatoms. The van der Waals surface area contributed by atoms with E-state index in [-0.39, 0.29) is 34.7 Å². The standard InChI is InChI=1S/C25H26BrF3N6O4/c1-4-20-32-22(11-31-23(36)17-7-18(26)9-19(8-17)39-25(27,28)29)35(33-20)21-6-5-16(10-30-21)24(37)34-12-14(2)38-15(3)13-34/h5-10,14-15H,4,11-13H2,1-3H3,(H,31,36)/t14-,15+. The molecule has 1 aliphatic heterocycles. The molecular weight excluding hydrogens is 585 g/mol. The van der Waals surface area contributed by atoms with Crippen LogP contribution in [0.2, 0.25) is 0 Å². The van der Waals surface area contributed by atoms with Crippen LogP contribution in [0.25, 0.3) is 5.82 Å². The van der Waals surface area contributed by atoms with E-state index in [0.717, 1.165) is 12.1 Å². The number of aromatic nitrogens is 4. The minimum atomic E-state index is -4.90. The fourth-order valence-electron chi connectivity index (χ4n) is 4.15. The fraction of sp³-hybridized carbons (Fsp3) is 0.400. The molecule has 0 radical (unpaired) electrons. The topological polar surface area (TPSA) is 111 Å². The van der Waals surface area contributed by atoms with Crippen molar-refractivity contribution in [2.24, 2.45) is 0 Å². The summed E-state index contributed by atoms with van der Waals surface area (Å²) in [5.41, 5.74) is 0.371. The summed E-state index contributed by atoms with van der Waals surface area (Å²) in [6.07, 6.45) is -3.05. The van der Waals surface area contributed by atoms with Crippen LogP contribution in [-0.4, -0.2) is 68.1 Å². The summed E-state index contributed by atoms with van der Waals surface area (Å²) in [7, 11) is 0. The van der Waals surface area contributed by atoms with Crippen molar-refractivity contribution in [2.45, 2.75) is 52.3 Å². The Kier molecular flexibility index (Phi) is 8.54. The number of ether oxygens (including phenoxy) is 2. The molecule has 2 amide bonds. The molecule has 3 aromatic rings. The third-order valence-electron chi connectivity index (χ3n) is 5.73. The van der Waals surface area contributed by atoms with Crippen molar-refractivity contribution in [1.82, 2.24) is 30.0 Å². The number of alkyl halides is 3. The van der Waals surface area contributed by atoms with Gasteiger partial charge >= 0.3 is 6.36 Å². The van der Waals surface area contributed by atoms with E-state index in [1.54, 1.807) is 17.0 Å². The minimum Gasteiger partial charge on any atom is -0.406 e. The molecule has 39 heavy (non-hydrogen) atoms. The van der Waals surface area contributed by atoms with Crippen LogP contribution in [0.5, 0.6) is 5.75 Å². The molecule has 0 saturated carbocycles. The second-order valence-corrected chi connectivity index (χ2v) is 9.90. The van der Waals surface area contributed by atoms with Gasteiger partial charge in [-0.05, 0) is 44.2 Å². The van der Waals surface area contributed by atoms with Gasteiger partial charge in [-0.3, -0.25) is 9.59 Å². The SMILES string of the molecule is CCc1nc(CNC(=O)c2cc(Br)cc(OC(F)(F)F)c2)n(-c2ccc(C(=O)N3C[C@@H](C)O[C@@H](C)C3)cn2)n1. The summed E-state index contributed by atoms with van der Waals surface area (Å²) in [6, 6.07) is 6.75. The Labute approximate surface area is 230 Å². The predicted octanol–water partition coefficient (Wildman–Crippen LogP) is 4.07. The molecule has 208 valence electrons. The number of carbonyl (C=O) groups excluding carboxylic acids is 2. The Balaban J connectivity index is 1.49. The lowest BCUT2D eigenvalue weighted by atomic mass is 10.2. The molecular formula is C25H26BrF3N6O4. The van der Waals surface area contributed by atoms with Crippen LogP contribution in [0.15, 0.2) is 41.0 Å². The monoisotopic (exact) mass is 610 g/mol. The van der Waals surface area contributed by atoms with E-state index in [0.29, 0.717) is 42.5 Å². The average Bonchev–Trinajstić information content (AvgIpc) is 3.28. The number of nitrogens with zero attached hydrogens (tertiary/aromatic N) is 5. The predicted molar refractivity (Wildman–Crippen MR) is 136 cm³/mol. The summed E-state index contributed by atoms with van der Waals surface area (Å²) >= 11 is 3.09. The van der Waals surface area contributed by atoms with E-state index in [2.05, 4.69) is 41.1 Å². The number of nitrogens with one attached hydrogen (secondary N) is 1. The third-order valence-corrected chi connectivity index (χ3v) is 6.18. The van der Waals surface area contributed by atoms with Crippen LogP contribution < -0.4 is 10.1 Å². The maximum Gasteiger partial charge on any atom is 0.573 e. The summed E-state index contributed by atoms with van der Waals surface area (Å²) < 4.78 is 49.2. The first-order valence-corrected chi connectivity index (χ1v) is 12.9. The largest absolute Gasteiger partial charge is 0.573 e. The molecule has 10 nitrogen and oxygen atoms in total. The molecule has 0 aliphatic carbocycles. The van der Waals surface area contributed by atoms with Crippen LogP contribution >= 0.6 is 15.9 Å². The molecule has 2 aromatic heterocycles. The van der Waals surface area contributed by atoms with Gasteiger partial charge in [0, 0.05) is 35.7 Å². The summed E-state index contributed by atoms with van der Waals surface area (Å²) in [5, 5.41) is 7.07. The number of hydrogen-bond acceptors (Lipinski definition) is 7. The van der Waals surface area contributed by atoms with E-state index in [9.17, 15) is 22.8 Å². The van der Waals surface area contributed by atoms with Crippen molar-refractivity contribution < 1.29 is 32.2 Å². The maximum atomic E-state index is 13.0. The van der Waals surface area contributed by atoms with Gasteiger partial charge < -0.3 is 19.7 Å². The first-order valence-electron chi connectivity index (χ1n) is 12.1. The normalized spacial score (nSPS) is 17.7. The van der Waals surface area contributed by atoms with Crippen LogP contribution in [0, 0.1) is 0 Å². The van der Waals surface area contributed by atoms with Gasteiger partial charge in [-0.1, -0.05) is 22.9 Å². The average molecular weight is 611 g/mol. The maximum absolute atomic E-state index is 13.0. The lowest BCUT2D eigenvalue weighted by molar-refractivity contribution is -0.274. The molecule has 0 unspecified atom stereocenters. The smallest absolute Gasteiger partial charge is 0.406 e. The van der Waals surface area contributed by atoms with Gasteiger partial charge in [-0.15, -0.1) is 18.3 Å². The van der Waals surface area contributed by atoms with Gasteiger partial charge in [0.25, 0.3) is 11.8 Å². The van der Waals surface area contributed by atoms with Crippen molar-refractivity contribution in [1.29, 1.82) is 0 Å². The molecule has 3 heterocycles. The zero-order valence-electron chi connectivity index (χ0n) is 21.3. The first-order chi connectivity index (χ1) is 18.4. The minimum absolute atomic E-state index is 0.0434. The van der Waals surface area contributed by atoms with Gasteiger partial charge in [0.05, 0.1) is 24.3 Å². The molecule has 4 rings (SSSR count). The number of rotatable bonds is 7. The van der Waals surface area contributed by atoms with Crippen molar-refractivity contribution in [3.05, 3.63) is 63.8 Å². The van der Waals surface area contributed by atoms with E-state index >= 15 is 0 Å². The summed E-state index contributed by atoms with van der Waals surface area (Å²) in [6.45, 7) is 6.59. The van der Waals surface area contributed by atoms with Crippen LogP contribution in [-0.2, 0) is 17.7 Å². The van der Waals surface area contributed by atoms with Gasteiger partial charge in [0.2, 0.25) is 0 Å². The number of aryl methyl sites for hydroxylation is 1. The number of carbonyl (C=O) groups is 2. The van der Waals surface area contributed by atoms with Crippen molar-refractivity contribution in [3.8, 4) is 11.6 Å². The van der Waals surface area contributed by atoms with Gasteiger partial charge in [-0.25, -0.2) is 9.97 Å². The Morgan fingerprint density at radius 1 is 1.15 bits per heavy atom. The number of halogens is 4. The lowest BCUT2D eigenvalue weighted by Crippen LogP contribution is -2.48. The van der Waals surface area contributed by atoms with E-state index < -0.39 is 18.0 Å². The second kappa shape index (κ2) is 11.7. The van der Waals surface area contributed by atoms with Crippen molar-refractivity contribution >= 4 is 27.7 Å². The van der Waals surface area contributed by atoms with Crippen LogP contribution in [0.1, 0.15) is 53.1 Å². The molecule has 1 aliphatic rings. The van der Waals surface area contributed by atoms with E-state index in [1.807, 2.05) is 20.8 Å². The quantitative estimate of drug-likeness (QED) is 0.429. The summed E-state index contributed by atoms with van der Waals surface area (Å²) in [5.74, 6) is -0.0865. The molecule has 0 spiro atoms. The highest BCUT2D eigenvalue weighted by molar-refractivity contribution is 9.10. The molecule has 1 saturated heterocycles. The van der Waals surface area contributed by atoms with Crippen LogP contribution in [0.4, 0.5) is 13.2 Å². The molecule has 1 aromatic carbocycles. The van der Waals surface area contributed by atoms with Crippen LogP contribution in [0.3, 0.4) is 0 Å². The molecule has 1 fully saturated rings. The highest BCUT2D eigenvalue weighted by Crippen LogP contribution is 2.27. The Bertz CT molecular complexity index is 1340. The van der Waals surface area contributed by atoms with Crippen molar-refractivity contribution in [3.63, 3.8) is 0 Å². The Morgan fingerprint density at radius 2 is 1.87 bits per heavy atom. The molecule has 0 bridgehead atoms. The first kappa shape index (κ1) is 28.5. The zero-order valence-corrected chi connectivity index (χ0v) is 22.9. The Hall–Kier alpha value is -3.52. The van der Waals surface area contributed by atoms with Crippen molar-refractivity contribution in [2.75, 3.05) is 13.1 Å². The molecule has 2 atom stereocenters. The number of morpholine rings is 1. The highest BCUT2D eigenvalue weighted by Gasteiger charge is 2.31. The number of amides is 2. The van der Waals surface area contributed by atoms with E-state index in [1.165, 1.54) is 16.9 Å². The molecule has 1 N–H and O–H groups in total. The van der Waals surface area contributed by atoms with E-state index in [4.69, 9.17) is 4.74 Å². The highest BCUT2D eigenvalue weighted by atomic mass is 79.9. The number of pyridine rings is 1. The van der Waals surface area contributed by atoms with Gasteiger partial charge in [-0.2, -0.15) is 4.68 Å².